The van der Waals surface area contributed by atoms with E-state index in [4.69, 9.17) is 17.0 Å². The van der Waals surface area contributed by atoms with Crippen LogP contribution >= 0.6 is 12.2 Å². The standard InChI is InChI=1S/C23H23N3OS/c1-27-22-14-12-19(13-15-22)16-24-17-25(20-8-4-2-5-9-20)23(28)26(18-24)21-10-6-3-7-11-21/h2-15H,16-18H2,1H3/p+1. The number of quaternary nitrogens is 1. The molecule has 4 rings (SSSR count). The second kappa shape index (κ2) is 8.42. The molecule has 142 valence electrons. The van der Waals surface area contributed by atoms with E-state index in [2.05, 4.69) is 70.5 Å². The smallest absolute Gasteiger partial charge is 0.189 e. The predicted molar refractivity (Wildman–Crippen MR) is 118 cm³/mol. The number of ether oxygens (including phenoxy) is 1. The molecule has 0 bridgehead atoms. The molecule has 3 aromatic rings. The molecule has 0 saturated carbocycles. The number of para-hydroxylation sites is 2. The molecule has 0 aliphatic carbocycles. The minimum atomic E-state index is 0.832. The Morgan fingerprint density at radius 1 is 0.786 bits per heavy atom. The molecule has 0 amide bonds. The zero-order chi connectivity index (χ0) is 19.3. The Hall–Kier alpha value is -2.89. The first-order chi connectivity index (χ1) is 13.7. The molecular weight excluding hydrogens is 366 g/mol. The molecule has 0 aromatic heterocycles. The van der Waals surface area contributed by atoms with Gasteiger partial charge in [-0.25, -0.2) is 0 Å². The van der Waals surface area contributed by atoms with Gasteiger partial charge in [0.2, 0.25) is 0 Å². The summed E-state index contributed by atoms with van der Waals surface area (Å²) in [5, 5.41) is 0.843. The highest BCUT2D eigenvalue weighted by molar-refractivity contribution is 7.80. The Morgan fingerprint density at radius 2 is 1.29 bits per heavy atom. The maximum Gasteiger partial charge on any atom is 0.189 e. The maximum atomic E-state index is 5.88. The van der Waals surface area contributed by atoms with Crippen LogP contribution in [0.4, 0.5) is 11.4 Å². The number of methoxy groups -OCH3 is 1. The summed E-state index contributed by atoms with van der Waals surface area (Å²) >= 11 is 5.88. The summed E-state index contributed by atoms with van der Waals surface area (Å²) in [5.74, 6) is 0.885. The molecule has 5 heteroatoms. The molecule has 3 aromatic carbocycles. The van der Waals surface area contributed by atoms with E-state index in [1.54, 1.807) is 7.11 Å². The fourth-order valence-electron chi connectivity index (χ4n) is 3.54. The van der Waals surface area contributed by atoms with Crippen LogP contribution in [0.25, 0.3) is 0 Å². The van der Waals surface area contributed by atoms with Crippen molar-refractivity contribution in [1.29, 1.82) is 0 Å². The van der Waals surface area contributed by atoms with E-state index in [9.17, 15) is 0 Å². The van der Waals surface area contributed by atoms with Crippen LogP contribution in [0, 0.1) is 0 Å². The lowest BCUT2D eigenvalue weighted by Crippen LogP contribution is -3.16. The second-order valence-electron chi connectivity index (χ2n) is 6.90. The van der Waals surface area contributed by atoms with Gasteiger partial charge in [-0.1, -0.05) is 36.4 Å². The molecule has 1 N–H and O–H groups in total. The fourth-order valence-corrected chi connectivity index (χ4v) is 3.88. The quantitative estimate of drug-likeness (QED) is 0.674. The van der Waals surface area contributed by atoms with Gasteiger partial charge >= 0.3 is 0 Å². The average Bonchev–Trinajstić information content (AvgIpc) is 2.76. The summed E-state index contributed by atoms with van der Waals surface area (Å²) in [5.41, 5.74) is 3.53. The third kappa shape index (κ3) is 4.01. The van der Waals surface area contributed by atoms with E-state index >= 15 is 0 Å². The number of hydrogen-bond donors (Lipinski definition) is 1. The van der Waals surface area contributed by atoms with Gasteiger partial charge in [-0.15, -0.1) is 0 Å². The first kappa shape index (κ1) is 18.5. The Morgan fingerprint density at radius 3 is 1.75 bits per heavy atom. The Bertz CT molecular complexity index is 864. The van der Waals surface area contributed by atoms with Gasteiger partial charge in [0.25, 0.3) is 0 Å². The van der Waals surface area contributed by atoms with Crippen molar-refractivity contribution in [2.45, 2.75) is 6.54 Å². The molecule has 1 fully saturated rings. The third-order valence-corrected chi connectivity index (χ3v) is 5.41. The van der Waals surface area contributed by atoms with Crippen molar-refractivity contribution < 1.29 is 9.64 Å². The Labute approximate surface area is 171 Å². The van der Waals surface area contributed by atoms with Crippen LogP contribution in [0.1, 0.15) is 5.56 Å². The molecule has 0 unspecified atom stereocenters. The minimum absolute atomic E-state index is 0.832. The van der Waals surface area contributed by atoms with Crippen LogP contribution in [0.3, 0.4) is 0 Å². The number of nitrogens with one attached hydrogen (secondary N) is 1. The van der Waals surface area contributed by atoms with Crippen LogP contribution in [0.2, 0.25) is 0 Å². The van der Waals surface area contributed by atoms with Crippen molar-refractivity contribution in [3.05, 3.63) is 90.5 Å². The Kier molecular flexibility index (Phi) is 5.55. The van der Waals surface area contributed by atoms with Crippen LogP contribution in [0.5, 0.6) is 5.75 Å². The molecule has 1 heterocycles. The van der Waals surface area contributed by atoms with E-state index in [0.717, 1.165) is 42.1 Å². The number of rotatable bonds is 5. The van der Waals surface area contributed by atoms with Gasteiger partial charge in [0, 0.05) is 16.9 Å². The van der Waals surface area contributed by atoms with Crippen LogP contribution < -0.4 is 19.4 Å². The summed E-state index contributed by atoms with van der Waals surface area (Å²) in [7, 11) is 1.70. The van der Waals surface area contributed by atoms with Gasteiger partial charge in [0.05, 0.1) is 7.11 Å². The van der Waals surface area contributed by atoms with Crippen molar-refractivity contribution in [2.75, 3.05) is 30.2 Å². The molecule has 0 radical (unpaired) electrons. The largest absolute Gasteiger partial charge is 0.497 e. The Balaban J connectivity index is 1.61. The molecule has 1 aliphatic heterocycles. The normalized spacial score (nSPS) is 15.0. The lowest BCUT2D eigenvalue weighted by atomic mass is 10.2. The summed E-state index contributed by atoms with van der Waals surface area (Å²) in [6.07, 6.45) is 0. The van der Waals surface area contributed by atoms with E-state index in [-0.39, 0.29) is 0 Å². The van der Waals surface area contributed by atoms with Crippen molar-refractivity contribution in [1.82, 2.24) is 0 Å². The van der Waals surface area contributed by atoms with Gasteiger partial charge in [-0.2, -0.15) is 0 Å². The average molecular weight is 391 g/mol. The van der Waals surface area contributed by atoms with Crippen molar-refractivity contribution in [3.8, 4) is 5.75 Å². The molecular formula is C23H24N3OS+. The summed E-state index contributed by atoms with van der Waals surface area (Å²) in [4.78, 5) is 5.88. The number of hydrogen-bond acceptors (Lipinski definition) is 2. The van der Waals surface area contributed by atoms with Crippen LogP contribution in [-0.2, 0) is 6.54 Å². The monoisotopic (exact) mass is 390 g/mol. The molecule has 1 saturated heterocycles. The maximum absolute atomic E-state index is 5.88. The zero-order valence-electron chi connectivity index (χ0n) is 15.9. The SMILES string of the molecule is COc1ccc(C[NH+]2CN(c3ccccc3)C(=S)N(c3ccccc3)C2)cc1. The fraction of sp³-hybridized carbons (Fsp3) is 0.174. The van der Waals surface area contributed by atoms with Gasteiger partial charge in [0.15, 0.2) is 18.4 Å². The molecule has 4 nitrogen and oxygen atoms in total. The van der Waals surface area contributed by atoms with E-state index in [0.29, 0.717) is 0 Å². The second-order valence-corrected chi connectivity index (χ2v) is 7.27. The van der Waals surface area contributed by atoms with E-state index < -0.39 is 0 Å². The molecule has 1 aliphatic rings. The molecule has 28 heavy (non-hydrogen) atoms. The van der Waals surface area contributed by atoms with Gasteiger partial charge in [0.1, 0.15) is 12.3 Å². The predicted octanol–water partition coefficient (Wildman–Crippen LogP) is 3.31. The topological polar surface area (TPSA) is 20.2 Å². The lowest BCUT2D eigenvalue weighted by molar-refractivity contribution is -0.913. The first-order valence-electron chi connectivity index (χ1n) is 9.40. The van der Waals surface area contributed by atoms with E-state index in [1.165, 1.54) is 10.5 Å². The van der Waals surface area contributed by atoms with E-state index in [1.807, 2.05) is 24.3 Å². The van der Waals surface area contributed by atoms with Crippen LogP contribution in [0.15, 0.2) is 84.9 Å². The zero-order valence-corrected chi connectivity index (χ0v) is 16.7. The summed E-state index contributed by atoms with van der Waals surface area (Å²) < 4.78 is 5.28. The number of nitrogens with zero attached hydrogens (tertiary/aromatic N) is 2. The third-order valence-electron chi connectivity index (χ3n) is 4.97. The van der Waals surface area contributed by atoms with Crippen molar-refractivity contribution in [3.63, 3.8) is 0 Å². The van der Waals surface area contributed by atoms with Crippen LogP contribution in [-0.4, -0.2) is 25.6 Å². The molecule has 0 atom stereocenters. The summed E-state index contributed by atoms with van der Waals surface area (Å²) in [6.45, 7) is 2.58. The number of thiocarbonyl (C=S) groups is 1. The number of benzene rings is 3. The first-order valence-corrected chi connectivity index (χ1v) is 9.81. The number of anilines is 2. The molecule has 0 spiro atoms. The van der Waals surface area contributed by atoms with Crippen molar-refractivity contribution in [2.24, 2.45) is 0 Å². The highest BCUT2D eigenvalue weighted by Gasteiger charge is 2.32. The minimum Gasteiger partial charge on any atom is -0.497 e. The van der Waals surface area contributed by atoms with Crippen molar-refractivity contribution >= 4 is 28.7 Å². The van der Waals surface area contributed by atoms with Gasteiger partial charge in [-0.3, -0.25) is 14.7 Å². The summed E-state index contributed by atoms with van der Waals surface area (Å²) in [6, 6.07) is 29.1. The highest BCUT2D eigenvalue weighted by Crippen LogP contribution is 2.21. The van der Waals surface area contributed by atoms with Gasteiger partial charge < -0.3 is 4.74 Å². The van der Waals surface area contributed by atoms with Gasteiger partial charge in [-0.05, 0) is 60.7 Å². The lowest BCUT2D eigenvalue weighted by Gasteiger charge is -2.41. The highest BCUT2D eigenvalue weighted by atomic mass is 32.1.